The zero-order valence-electron chi connectivity index (χ0n) is 12.7. The van der Waals surface area contributed by atoms with Gasteiger partial charge >= 0.3 is 0 Å². The molecule has 1 aromatic carbocycles. The highest BCUT2D eigenvalue weighted by Crippen LogP contribution is 2.35. The second-order valence-electron chi connectivity index (χ2n) is 5.81. The highest BCUT2D eigenvalue weighted by Gasteiger charge is 2.24. The molecule has 1 aliphatic rings. The summed E-state index contributed by atoms with van der Waals surface area (Å²) in [4.78, 5) is 6.57. The van der Waals surface area contributed by atoms with Crippen LogP contribution in [-0.4, -0.2) is 29.7 Å². The lowest BCUT2D eigenvalue weighted by Gasteiger charge is -2.19. The molecule has 0 radical (unpaired) electrons. The summed E-state index contributed by atoms with van der Waals surface area (Å²) >= 11 is 0. The minimum Gasteiger partial charge on any atom is -0.375 e. The highest BCUT2D eigenvalue weighted by molar-refractivity contribution is 5.44. The van der Waals surface area contributed by atoms with E-state index in [0.717, 1.165) is 26.1 Å². The molecular weight excluding hydrogens is 260 g/mol. The molecule has 1 aliphatic carbocycles. The summed E-state index contributed by atoms with van der Waals surface area (Å²) < 4.78 is 2.32. The molecule has 1 heterocycles. The number of hydrogen-bond acceptors (Lipinski definition) is 3. The van der Waals surface area contributed by atoms with Crippen molar-refractivity contribution in [1.82, 2.24) is 14.9 Å². The van der Waals surface area contributed by atoms with E-state index in [1.165, 1.54) is 24.2 Å². The normalized spacial score (nSPS) is 14.3. The third kappa shape index (κ3) is 3.85. The van der Waals surface area contributed by atoms with Crippen LogP contribution in [0.1, 0.15) is 31.0 Å². The van der Waals surface area contributed by atoms with E-state index < -0.39 is 0 Å². The number of imidazole rings is 1. The summed E-state index contributed by atoms with van der Waals surface area (Å²) in [7, 11) is 2.15. The number of rotatable bonds is 8. The van der Waals surface area contributed by atoms with Crippen LogP contribution in [0.25, 0.3) is 0 Å². The third-order valence-electron chi connectivity index (χ3n) is 4.04. The lowest BCUT2D eigenvalue weighted by molar-refractivity contribution is 0.603. The number of anilines is 1. The second kappa shape index (κ2) is 6.76. The van der Waals surface area contributed by atoms with Crippen molar-refractivity contribution >= 4 is 5.69 Å². The first-order chi connectivity index (χ1) is 10.3. The summed E-state index contributed by atoms with van der Waals surface area (Å²) in [5.41, 5.74) is 2.60. The van der Waals surface area contributed by atoms with Crippen molar-refractivity contribution in [3.63, 3.8) is 0 Å². The fourth-order valence-corrected chi connectivity index (χ4v) is 2.62. The van der Waals surface area contributed by atoms with Gasteiger partial charge in [-0.25, -0.2) is 4.98 Å². The predicted octanol–water partition coefficient (Wildman–Crippen LogP) is 2.83. The molecule has 3 rings (SSSR count). The van der Waals surface area contributed by atoms with Crippen molar-refractivity contribution in [2.75, 3.05) is 25.0 Å². The van der Waals surface area contributed by atoms with E-state index in [1.807, 2.05) is 12.5 Å². The predicted molar refractivity (Wildman–Crippen MR) is 86.5 cm³/mol. The van der Waals surface area contributed by atoms with Crippen LogP contribution in [0.15, 0.2) is 42.9 Å². The van der Waals surface area contributed by atoms with E-state index >= 15 is 0 Å². The quantitative estimate of drug-likeness (QED) is 0.757. The van der Waals surface area contributed by atoms with Gasteiger partial charge in [-0.15, -0.1) is 0 Å². The van der Waals surface area contributed by atoms with Gasteiger partial charge in [0.15, 0.2) is 0 Å². The molecule has 21 heavy (non-hydrogen) atoms. The Bertz CT molecular complexity index is 545. The summed E-state index contributed by atoms with van der Waals surface area (Å²) in [6.45, 7) is 3.03. The standard InChI is InChI=1S/C17H24N4/c1-20(15-6-3-2-4-7-15)11-5-10-18-12-17-13-19-14-21(17)16-8-9-16/h2-4,6-7,13-14,16,18H,5,8-12H2,1H3. The molecule has 0 unspecified atom stereocenters. The Hall–Kier alpha value is -1.81. The Morgan fingerprint density at radius 1 is 1.29 bits per heavy atom. The maximum absolute atomic E-state index is 4.26. The van der Waals surface area contributed by atoms with Crippen LogP contribution in [0.5, 0.6) is 0 Å². The second-order valence-corrected chi connectivity index (χ2v) is 5.81. The van der Waals surface area contributed by atoms with E-state index in [0.29, 0.717) is 6.04 Å². The van der Waals surface area contributed by atoms with Crippen molar-refractivity contribution in [1.29, 1.82) is 0 Å². The van der Waals surface area contributed by atoms with E-state index in [2.05, 4.69) is 57.1 Å². The number of benzene rings is 1. The summed E-state index contributed by atoms with van der Waals surface area (Å²) in [5.74, 6) is 0. The van der Waals surface area contributed by atoms with Gasteiger partial charge in [-0.2, -0.15) is 0 Å². The number of nitrogens with zero attached hydrogens (tertiary/aromatic N) is 3. The average Bonchev–Trinajstić information content (AvgIpc) is 3.27. The monoisotopic (exact) mass is 284 g/mol. The molecule has 4 nitrogen and oxygen atoms in total. The molecule has 0 atom stereocenters. The van der Waals surface area contributed by atoms with Crippen molar-refractivity contribution in [3.05, 3.63) is 48.5 Å². The first-order valence-electron chi connectivity index (χ1n) is 7.82. The molecule has 2 aromatic rings. The Morgan fingerprint density at radius 3 is 2.86 bits per heavy atom. The number of hydrogen-bond donors (Lipinski definition) is 1. The molecule has 1 saturated carbocycles. The topological polar surface area (TPSA) is 33.1 Å². The molecule has 1 N–H and O–H groups in total. The number of nitrogens with one attached hydrogen (secondary N) is 1. The zero-order chi connectivity index (χ0) is 14.5. The van der Waals surface area contributed by atoms with Gasteiger partial charge in [-0.1, -0.05) is 18.2 Å². The SMILES string of the molecule is CN(CCCNCc1cncn1C1CC1)c1ccccc1. The van der Waals surface area contributed by atoms with E-state index in [-0.39, 0.29) is 0 Å². The van der Waals surface area contributed by atoms with Crippen molar-refractivity contribution in [2.45, 2.75) is 31.8 Å². The minimum absolute atomic E-state index is 0.716. The molecule has 0 amide bonds. The van der Waals surface area contributed by atoms with Crippen LogP contribution >= 0.6 is 0 Å². The fraction of sp³-hybridized carbons (Fsp3) is 0.471. The molecule has 0 saturated heterocycles. The molecule has 0 bridgehead atoms. The van der Waals surface area contributed by atoms with Gasteiger partial charge in [0.25, 0.3) is 0 Å². The third-order valence-corrected chi connectivity index (χ3v) is 4.04. The van der Waals surface area contributed by atoms with Gasteiger partial charge in [0, 0.05) is 38.1 Å². The summed E-state index contributed by atoms with van der Waals surface area (Å²) in [5, 5.41) is 3.53. The van der Waals surface area contributed by atoms with E-state index in [4.69, 9.17) is 0 Å². The van der Waals surface area contributed by atoms with Gasteiger partial charge in [0.2, 0.25) is 0 Å². The van der Waals surface area contributed by atoms with Crippen LogP contribution in [0.2, 0.25) is 0 Å². The van der Waals surface area contributed by atoms with Crippen LogP contribution < -0.4 is 10.2 Å². The number of aromatic nitrogens is 2. The van der Waals surface area contributed by atoms with E-state index in [1.54, 1.807) is 0 Å². The van der Waals surface area contributed by atoms with Crippen LogP contribution in [0, 0.1) is 0 Å². The molecular formula is C17H24N4. The van der Waals surface area contributed by atoms with Crippen molar-refractivity contribution in [3.8, 4) is 0 Å². The van der Waals surface area contributed by atoms with Crippen LogP contribution in [-0.2, 0) is 6.54 Å². The lowest BCUT2D eigenvalue weighted by atomic mass is 10.3. The molecule has 1 fully saturated rings. The van der Waals surface area contributed by atoms with Crippen LogP contribution in [0.3, 0.4) is 0 Å². The van der Waals surface area contributed by atoms with Crippen molar-refractivity contribution < 1.29 is 0 Å². The fourth-order valence-electron chi connectivity index (χ4n) is 2.62. The first-order valence-corrected chi connectivity index (χ1v) is 7.82. The molecule has 112 valence electrons. The molecule has 4 heteroatoms. The highest BCUT2D eigenvalue weighted by atomic mass is 15.1. The summed E-state index contributed by atoms with van der Waals surface area (Å²) in [6, 6.07) is 11.3. The zero-order valence-corrected chi connectivity index (χ0v) is 12.7. The molecule has 0 aliphatic heterocycles. The Morgan fingerprint density at radius 2 is 2.10 bits per heavy atom. The minimum atomic E-state index is 0.716. The molecule has 1 aromatic heterocycles. The summed E-state index contributed by atoms with van der Waals surface area (Å²) in [6.07, 6.45) is 7.72. The smallest absolute Gasteiger partial charge is 0.0951 e. The Labute approximate surface area is 126 Å². The van der Waals surface area contributed by atoms with E-state index in [9.17, 15) is 0 Å². The largest absolute Gasteiger partial charge is 0.375 e. The van der Waals surface area contributed by atoms with Gasteiger partial charge in [-0.3, -0.25) is 0 Å². The maximum atomic E-state index is 4.26. The van der Waals surface area contributed by atoms with Gasteiger partial charge in [0.05, 0.1) is 12.0 Å². The van der Waals surface area contributed by atoms with Gasteiger partial charge in [-0.05, 0) is 37.9 Å². The number of para-hydroxylation sites is 1. The lowest BCUT2D eigenvalue weighted by Crippen LogP contribution is -2.24. The average molecular weight is 284 g/mol. The van der Waals surface area contributed by atoms with Crippen LogP contribution in [0.4, 0.5) is 5.69 Å². The maximum Gasteiger partial charge on any atom is 0.0951 e. The Balaban J connectivity index is 1.36. The van der Waals surface area contributed by atoms with Crippen molar-refractivity contribution in [2.24, 2.45) is 0 Å². The Kier molecular flexibility index (Phi) is 4.55. The first kappa shape index (κ1) is 14.1. The molecule has 0 spiro atoms. The van der Waals surface area contributed by atoms with Gasteiger partial charge in [0.1, 0.15) is 0 Å². The van der Waals surface area contributed by atoms with Gasteiger partial charge < -0.3 is 14.8 Å².